The van der Waals surface area contributed by atoms with Gasteiger partial charge in [-0.15, -0.1) is 0 Å². The lowest BCUT2D eigenvalue weighted by Gasteiger charge is -2.25. The van der Waals surface area contributed by atoms with Crippen LogP contribution >= 0.6 is 11.8 Å². The summed E-state index contributed by atoms with van der Waals surface area (Å²) in [5.41, 5.74) is -0.822. The Morgan fingerprint density at radius 3 is 2.57 bits per heavy atom. The molecule has 0 bridgehead atoms. The van der Waals surface area contributed by atoms with E-state index in [0.29, 0.717) is 24.1 Å². The summed E-state index contributed by atoms with van der Waals surface area (Å²) in [6.07, 6.45) is 0.542. The first-order valence-electron chi connectivity index (χ1n) is 6.75. The number of halogens is 2. The molecule has 2 N–H and O–H groups in total. The Morgan fingerprint density at radius 2 is 2.00 bits per heavy atom. The molecule has 0 radical (unpaired) electrons. The van der Waals surface area contributed by atoms with Crippen molar-refractivity contribution in [1.82, 2.24) is 5.32 Å². The van der Waals surface area contributed by atoms with Gasteiger partial charge in [0, 0.05) is 11.4 Å². The molecule has 0 aliphatic carbocycles. The molecule has 21 heavy (non-hydrogen) atoms. The molecule has 1 atom stereocenters. The predicted molar refractivity (Wildman–Crippen MR) is 80.7 cm³/mol. The molecular formula is C15H21F2NO2S. The number of hydrogen-bond donors (Lipinski definition) is 2. The molecular weight excluding hydrogens is 296 g/mol. The van der Waals surface area contributed by atoms with Crippen LogP contribution in [0.15, 0.2) is 29.2 Å². The quantitative estimate of drug-likeness (QED) is 0.756. The second-order valence-corrected chi connectivity index (χ2v) is 6.68. The monoisotopic (exact) mass is 317 g/mol. The number of thioether (sulfide) groups is 1. The highest BCUT2D eigenvalue weighted by atomic mass is 32.2. The lowest BCUT2D eigenvalue weighted by atomic mass is 9.94. The van der Waals surface area contributed by atoms with E-state index in [9.17, 15) is 18.7 Å². The Morgan fingerprint density at radius 1 is 1.38 bits per heavy atom. The Balaban J connectivity index is 2.72. The van der Waals surface area contributed by atoms with Gasteiger partial charge >= 0.3 is 0 Å². The maximum atomic E-state index is 12.5. The zero-order valence-corrected chi connectivity index (χ0v) is 13.2. The largest absolute Gasteiger partial charge is 0.388 e. The Kier molecular flexibility index (Phi) is 6.61. The van der Waals surface area contributed by atoms with E-state index in [1.54, 1.807) is 19.1 Å². The van der Waals surface area contributed by atoms with Crippen LogP contribution in [-0.4, -0.2) is 28.9 Å². The summed E-state index contributed by atoms with van der Waals surface area (Å²) in [6.45, 7) is 5.68. The highest BCUT2D eigenvalue weighted by molar-refractivity contribution is 7.99. The molecule has 1 unspecified atom stereocenters. The van der Waals surface area contributed by atoms with E-state index < -0.39 is 17.3 Å². The molecule has 0 aromatic heterocycles. The van der Waals surface area contributed by atoms with Crippen LogP contribution in [0.3, 0.4) is 0 Å². The molecule has 0 saturated heterocycles. The van der Waals surface area contributed by atoms with E-state index in [-0.39, 0.29) is 17.0 Å². The van der Waals surface area contributed by atoms with Crippen molar-refractivity contribution in [2.75, 3.05) is 6.54 Å². The second kappa shape index (κ2) is 7.75. The van der Waals surface area contributed by atoms with E-state index in [0.717, 1.165) is 0 Å². The van der Waals surface area contributed by atoms with Crippen LogP contribution in [0.5, 0.6) is 0 Å². The highest BCUT2D eigenvalue weighted by Gasteiger charge is 2.23. The Labute approximate surface area is 128 Å². The van der Waals surface area contributed by atoms with Crippen LogP contribution in [0, 0.1) is 5.92 Å². The SMILES string of the molecule is CC(C)CC(C)(O)CNC(=O)c1ccccc1SC(F)F. The number of hydrogen-bond acceptors (Lipinski definition) is 3. The molecule has 1 rings (SSSR count). The van der Waals surface area contributed by atoms with Crippen molar-refractivity contribution in [2.45, 2.75) is 43.4 Å². The summed E-state index contributed by atoms with van der Waals surface area (Å²) < 4.78 is 24.9. The van der Waals surface area contributed by atoms with Crippen LogP contribution in [0.25, 0.3) is 0 Å². The molecule has 1 aromatic carbocycles. The molecule has 0 fully saturated rings. The third-order valence-electron chi connectivity index (χ3n) is 2.83. The molecule has 0 saturated carbocycles. The summed E-state index contributed by atoms with van der Waals surface area (Å²) in [4.78, 5) is 12.3. The molecule has 0 heterocycles. The van der Waals surface area contributed by atoms with Crippen molar-refractivity contribution in [3.05, 3.63) is 29.8 Å². The lowest BCUT2D eigenvalue weighted by Crippen LogP contribution is -2.41. The molecule has 6 heteroatoms. The van der Waals surface area contributed by atoms with Crippen molar-refractivity contribution in [3.63, 3.8) is 0 Å². The number of nitrogens with one attached hydrogen (secondary N) is 1. The topological polar surface area (TPSA) is 49.3 Å². The van der Waals surface area contributed by atoms with Gasteiger partial charge in [-0.1, -0.05) is 37.7 Å². The number of rotatable bonds is 7. The fourth-order valence-electron chi connectivity index (χ4n) is 2.17. The first-order chi connectivity index (χ1) is 9.71. The van der Waals surface area contributed by atoms with Gasteiger partial charge in [-0.25, -0.2) is 0 Å². The average molecular weight is 317 g/mol. The third-order valence-corrected chi connectivity index (χ3v) is 3.61. The van der Waals surface area contributed by atoms with Gasteiger partial charge in [-0.2, -0.15) is 8.78 Å². The highest BCUT2D eigenvalue weighted by Crippen LogP contribution is 2.28. The van der Waals surface area contributed by atoms with Gasteiger partial charge < -0.3 is 10.4 Å². The van der Waals surface area contributed by atoms with Gasteiger partial charge in [-0.3, -0.25) is 4.79 Å². The minimum Gasteiger partial charge on any atom is -0.388 e. The number of carbonyl (C=O) groups excluding carboxylic acids is 1. The fourth-order valence-corrected chi connectivity index (χ4v) is 2.81. The standard InChI is InChI=1S/C15H21F2NO2S/c1-10(2)8-15(3,20)9-18-13(19)11-6-4-5-7-12(11)21-14(16)17/h4-7,10,14,20H,8-9H2,1-3H3,(H,18,19). The summed E-state index contributed by atoms with van der Waals surface area (Å²) in [5.74, 6) is -2.75. The minimum atomic E-state index is -2.58. The predicted octanol–water partition coefficient (Wildman–Crippen LogP) is 3.53. The molecule has 1 aromatic rings. The minimum absolute atomic E-state index is 0.0810. The summed E-state index contributed by atoms with van der Waals surface area (Å²) >= 11 is 0.341. The van der Waals surface area contributed by atoms with Crippen LogP contribution in [0.1, 0.15) is 37.6 Å². The van der Waals surface area contributed by atoms with Crippen LogP contribution in [0.2, 0.25) is 0 Å². The summed E-state index contributed by atoms with van der Waals surface area (Å²) in [6, 6.07) is 6.21. The first kappa shape index (κ1) is 17.9. The van der Waals surface area contributed by atoms with Crippen molar-refractivity contribution < 1.29 is 18.7 Å². The third kappa shape index (κ3) is 6.44. The molecule has 0 aliphatic rings. The maximum Gasteiger partial charge on any atom is 0.288 e. The van der Waals surface area contributed by atoms with E-state index in [1.165, 1.54) is 12.1 Å². The van der Waals surface area contributed by atoms with Crippen molar-refractivity contribution in [3.8, 4) is 0 Å². The van der Waals surface area contributed by atoms with Gasteiger partial charge in [0.25, 0.3) is 11.7 Å². The van der Waals surface area contributed by atoms with Crippen molar-refractivity contribution in [1.29, 1.82) is 0 Å². The van der Waals surface area contributed by atoms with E-state index in [2.05, 4.69) is 5.32 Å². The first-order valence-corrected chi connectivity index (χ1v) is 7.63. The number of benzene rings is 1. The van der Waals surface area contributed by atoms with Gasteiger partial charge in [0.15, 0.2) is 0 Å². The second-order valence-electron chi connectivity index (χ2n) is 5.65. The maximum absolute atomic E-state index is 12.5. The normalized spacial score (nSPS) is 14.3. The van der Waals surface area contributed by atoms with Crippen LogP contribution in [0.4, 0.5) is 8.78 Å². The number of carbonyl (C=O) groups is 1. The zero-order chi connectivity index (χ0) is 16.0. The van der Waals surface area contributed by atoms with Gasteiger partial charge in [0.05, 0.1) is 11.2 Å². The van der Waals surface area contributed by atoms with E-state index in [4.69, 9.17) is 0 Å². The van der Waals surface area contributed by atoms with Crippen LogP contribution in [-0.2, 0) is 0 Å². The fraction of sp³-hybridized carbons (Fsp3) is 0.533. The van der Waals surface area contributed by atoms with Crippen molar-refractivity contribution in [2.24, 2.45) is 5.92 Å². The molecule has 3 nitrogen and oxygen atoms in total. The molecule has 1 amide bonds. The van der Waals surface area contributed by atoms with Crippen molar-refractivity contribution >= 4 is 17.7 Å². The van der Waals surface area contributed by atoms with Gasteiger partial charge in [0.1, 0.15) is 0 Å². The number of alkyl halides is 2. The lowest BCUT2D eigenvalue weighted by molar-refractivity contribution is 0.0368. The van der Waals surface area contributed by atoms with E-state index in [1.807, 2.05) is 13.8 Å². The summed E-state index contributed by atoms with van der Waals surface area (Å²) in [5, 5.41) is 12.8. The van der Waals surface area contributed by atoms with Gasteiger partial charge in [-0.05, 0) is 31.4 Å². The van der Waals surface area contributed by atoms with E-state index >= 15 is 0 Å². The zero-order valence-electron chi connectivity index (χ0n) is 12.4. The smallest absolute Gasteiger partial charge is 0.288 e. The Hall–Kier alpha value is -1.14. The number of aliphatic hydroxyl groups is 1. The van der Waals surface area contributed by atoms with Gasteiger partial charge in [0.2, 0.25) is 0 Å². The molecule has 0 aliphatic heterocycles. The molecule has 0 spiro atoms. The average Bonchev–Trinajstić information content (AvgIpc) is 2.34. The number of amides is 1. The summed E-state index contributed by atoms with van der Waals surface area (Å²) in [7, 11) is 0. The molecule has 118 valence electrons. The van der Waals surface area contributed by atoms with Crippen LogP contribution < -0.4 is 5.32 Å². The Bertz CT molecular complexity index is 478.